The van der Waals surface area contributed by atoms with Gasteiger partial charge in [0.2, 0.25) is 0 Å². The van der Waals surface area contributed by atoms with E-state index < -0.39 is 0 Å². The summed E-state index contributed by atoms with van der Waals surface area (Å²) < 4.78 is 23.1. The molecule has 4 heterocycles. The van der Waals surface area contributed by atoms with Crippen molar-refractivity contribution in [1.29, 1.82) is 0 Å². The van der Waals surface area contributed by atoms with Gasteiger partial charge in [-0.05, 0) is 246 Å². The van der Waals surface area contributed by atoms with Gasteiger partial charge in [0.05, 0.1) is 0 Å². The molecule has 27 aromatic carbocycles. The van der Waals surface area contributed by atoms with E-state index in [1.54, 1.807) is 0 Å². The summed E-state index contributed by atoms with van der Waals surface area (Å²) in [5.74, 6) is 0. The van der Waals surface area contributed by atoms with Gasteiger partial charge in [0.1, 0.15) is 33.5 Å². The summed E-state index contributed by atoms with van der Waals surface area (Å²) in [5, 5.41) is 34.3. The monoisotopic (exact) mass is 1880 g/mol. The zero-order valence-corrected chi connectivity index (χ0v) is 81.0. The van der Waals surface area contributed by atoms with Crippen LogP contribution in [0.3, 0.4) is 0 Å². The summed E-state index contributed by atoms with van der Waals surface area (Å²) in [7, 11) is 0. The van der Waals surface area contributed by atoms with Crippen LogP contribution in [-0.4, -0.2) is 0 Å². The molecule has 684 valence electrons. The Hall–Kier alpha value is -18.8. The molecule has 0 aliphatic heterocycles. The Bertz CT molecular complexity index is 10700. The lowest BCUT2D eigenvalue weighted by atomic mass is 9.83. The number of para-hydroxylation sites is 3. The Morgan fingerprint density at radius 3 is 0.776 bits per heavy atom. The smallest absolute Gasteiger partial charge is 0.143 e. The number of hydrogen-bond acceptors (Lipinski definition) is 4. The summed E-state index contributed by atoms with van der Waals surface area (Å²) in [5.41, 5.74) is 30.9. The highest BCUT2D eigenvalue weighted by atomic mass is 32.1. The van der Waals surface area contributed by atoms with Gasteiger partial charge in [-0.3, -0.25) is 0 Å². The second kappa shape index (κ2) is 34.8. The number of benzene rings is 27. The maximum atomic E-state index is 6.93. The van der Waals surface area contributed by atoms with Gasteiger partial charge in [0.25, 0.3) is 0 Å². The maximum absolute atomic E-state index is 6.93. The Morgan fingerprint density at radius 1 is 0.143 bits per heavy atom. The predicted molar refractivity (Wildman–Crippen MR) is 628 cm³/mol. The topological polar surface area (TPSA) is 39.4 Å². The molecule has 0 aliphatic rings. The minimum Gasteiger partial charge on any atom is -0.455 e. The zero-order chi connectivity index (χ0) is 96.8. The average molecular weight is 1890 g/mol. The first-order valence-electron chi connectivity index (χ1n) is 50.6. The van der Waals surface area contributed by atoms with Crippen LogP contribution < -0.4 is 0 Å². The van der Waals surface area contributed by atoms with Crippen molar-refractivity contribution in [2.24, 2.45) is 0 Å². The van der Waals surface area contributed by atoms with Crippen LogP contribution in [0.5, 0.6) is 0 Å². The summed E-state index contributed by atoms with van der Waals surface area (Å²) in [6.45, 7) is 2.13. The summed E-state index contributed by atoms with van der Waals surface area (Å²) in [6, 6.07) is 187. The minimum atomic E-state index is 0.891. The van der Waals surface area contributed by atoms with Crippen molar-refractivity contribution in [2.45, 2.75) is 6.92 Å². The van der Waals surface area contributed by atoms with Crippen LogP contribution in [0, 0.1) is 6.92 Å². The summed E-state index contributed by atoms with van der Waals surface area (Å²) >= 11 is 1.86. The van der Waals surface area contributed by atoms with Crippen molar-refractivity contribution in [3.8, 4) is 111 Å². The van der Waals surface area contributed by atoms with E-state index >= 15 is 0 Å². The Morgan fingerprint density at radius 2 is 0.388 bits per heavy atom. The van der Waals surface area contributed by atoms with E-state index in [0.717, 1.165) is 93.6 Å². The molecule has 3 nitrogen and oxygen atoms in total. The Labute approximate surface area is 851 Å². The fraction of sp³-hybridized carbons (Fsp3) is 0.00699. The van der Waals surface area contributed by atoms with Gasteiger partial charge in [0.15, 0.2) is 0 Å². The van der Waals surface area contributed by atoms with Crippen LogP contribution in [0.1, 0.15) is 5.56 Å². The molecular formula is C143H88O3S. The second-order valence-corrected chi connectivity index (χ2v) is 39.8. The lowest BCUT2D eigenvalue weighted by molar-refractivity contribution is 0.669. The third-order valence-corrected chi connectivity index (χ3v) is 31.9. The van der Waals surface area contributed by atoms with Crippen molar-refractivity contribution in [3.05, 3.63) is 521 Å². The van der Waals surface area contributed by atoms with Crippen molar-refractivity contribution in [2.75, 3.05) is 0 Å². The van der Waals surface area contributed by atoms with Gasteiger partial charge >= 0.3 is 0 Å². The fourth-order valence-electron chi connectivity index (χ4n) is 24.3. The van der Waals surface area contributed by atoms with Crippen molar-refractivity contribution in [1.82, 2.24) is 0 Å². The molecule has 147 heavy (non-hydrogen) atoms. The summed E-state index contributed by atoms with van der Waals surface area (Å²) in [6.07, 6.45) is 0. The molecule has 0 atom stereocenters. The first kappa shape index (κ1) is 85.0. The van der Waals surface area contributed by atoms with Gasteiger partial charge in [-0.15, -0.1) is 11.3 Å². The first-order valence-corrected chi connectivity index (χ1v) is 51.4. The number of rotatable bonds is 10. The normalized spacial score (nSPS) is 11.8. The molecule has 0 unspecified atom stereocenters. The quantitative estimate of drug-likeness (QED) is 0.128. The molecule has 31 rings (SSSR count). The standard InChI is InChI=1S/C52H32O.C48H28OS.C43H28O/c1-2-15-33(16-3-1)36-29-30-39(38-21-7-6-20-37(36)38)45-31-32-47(51-46-26-12-13-28-48(46)53-52(45)51)50-43-24-10-8-22-41(43)49(42-23-9-11-25-44(42)50)40-27-14-18-34-17-4-5-19-35(34)40;1-2-15-30-29(13-1)14-11-22-32(30)44-33-17-3-5-19-35(33)45(36-20-6-4-18-34(36)44)41-28-27-37(47-46(41)40-21-7-9-25-42(40)49-47)39-24-12-23-38-31-16-8-10-26-43(31)50-48(38)39;1-27-21-23-29(24-22-27)31-25-26-38(42-37-18-8-9-20-39(37)44-43(31)42)41-35-16-6-4-14-33(35)40(34-15-5-7-17-36(34)41)32-19-10-12-28-11-2-3-13-30(28)32/h1-32H;1-28H;2-26H,1H3. The molecule has 0 aliphatic carbocycles. The third kappa shape index (κ3) is 13.7. The molecule has 0 spiro atoms. The van der Waals surface area contributed by atoms with Crippen LogP contribution in [0.4, 0.5) is 0 Å². The highest BCUT2D eigenvalue weighted by Crippen LogP contribution is 2.57. The van der Waals surface area contributed by atoms with Crippen molar-refractivity contribution < 1.29 is 13.3 Å². The first-order chi connectivity index (χ1) is 72.9. The number of aryl methyl sites for hydroxylation is 1. The van der Waals surface area contributed by atoms with Gasteiger partial charge in [-0.1, -0.05) is 479 Å². The van der Waals surface area contributed by atoms with E-state index in [4.69, 9.17) is 13.3 Å². The number of fused-ring (bicyclic) bond motifs is 22. The highest BCUT2D eigenvalue weighted by Gasteiger charge is 2.30. The summed E-state index contributed by atoms with van der Waals surface area (Å²) in [4.78, 5) is 0. The van der Waals surface area contributed by atoms with E-state index in [-0.39, 0.29) is 0 Å². The van der Waals surface area contributed by atoms with Gasteiger partial charge < -0.3 is 13.3 Å². The molecule has 0 fully saturated rings. The molecule has 4 aromatic heterocycles. The molecule has 31 aromatic rings. The molecular weight excluding hydrogens is 1800 g/mol. The zero-order valence-electron chi connectivity index (χ0n) is 80.2. The van der Waals surface area contributed by atoms with Gasteiger partial charge in [-0.2, -0.15) is 0 Å². The lowest BCUT2D eigenvalue weighted by Crippen LogP contribution is -1.93. The van der Waals surface area contributed by atoms with E-state index in [0.29, 0.717) is 0 Å². The second-order valence-electron chi connectivity index (χ2n) is 38.7. The van der Waals surface area contributed by atoms with Crippen LogP contribution >= 0.6 is 11.3 Å². The molecule has 0 saturated heterocycles. The Kier molecular flexibility index (Phi) is 20.1. The van der Waals surface area contributed by atoms with Crippen LogP contribution in [0.15, 0.2) is 529 Å². The largest absolute Gasteiger partial charge is 0.455 e. The van der Waals surface area contributed by atoms with Crippen molar-refractivity contribution in [3.63, 3.8) is 0 Å². The number of thiophene rings is 1. The molecule has 0 amide bonds. The van der Waals surface area contributed by atoms with Crippen LogP contribution in [0.2, 0.25) is 0 Å². The van der Waals surface area contributed by atoms with E-state index in [1.807, 2.05) is 11.3 Å². The van der Waals surface area contributed by atoms with E-state index in [9.17, 15) is 0 Å². The highest BCUT2D eigenvalue weighted by molar-refractivity contribution is 7.26. The van der Waals surface area contributed by atoms with Gasteiger partial charge in [-0.25, -0.2) is 0 Å². The van der Waals surface area contributed by atoms with Gasteiger partial charge in [0, 0.05) is 74.7 Å². The van der Waals surface area contributed by atoms with Crippen LogP contribution in [-0.2, 0) is 0 Å². The molecule has 4 heteroatoms. The average Bonchev–Trinajstić information content (AvgIpc) is 1.71. The molecule has 0 N–H and O–H groups in total. The maximum Gasteiger partial charge on any atom is 0.143 e. The molecule has 0 saturated carbocycles. The molecule has 0 bridgehead atoms. The number of hydrogen-bond donors (Lipinski definition) is 0. The van der Waals surface area contributed by atoms with Crippen LogP contribution in [0.25, 0.3) is 305 Å². The molecule has 0 radical (unpaired) electrons. The minimum absolute atomic E-state index is 0.891. The SMILES string of the molecule is Cc1ccc(-c2ccc(-c3c4ccccc4c(-c4cccc5ccccc45)c4ccccc34)c3c2oc2ccccc23)cc1.c1ccc(-c2ccc(-c3ccc(-c4c5ccccc5c(-c5cccc6ccccc56)c5ccccc45)c4c3oc3ccccc34)c3ccccc23)cc1.c1ccc2c(-c3c4ccccc4c(-c4ccc(-c5cccc6c5sc5ccccc56)c5oc6ccccc6c45)c4ccccc34)cccc2c1. The Balaban J connectivity index is 0.000000105. The van der Waals surface area contributed by atoms with Crippen molar-refractivity contribution >= 4 is 205 Å². The number of furan rings is 3. The fourth-order valence-corrected chi connectivity index (χ4v) is 25.5. The third-order valence-electron chi connectivity index (χ3n) is 30.7. The van der Waals surface area contributed by atoms with E-state index in [2.05, 4.69) is 523 Å². The predicted octanol–water partition coefficient (Wildman–Crippen LogP) is 41.6. The lowest BCUT2D eigenvalue weighted by Gasteiger charge is -2.20. The van der Waals surface area contributed by atoms with E-state index in [1.165, 1.54) is 217 Å².